The molecule has 1 saturated heterocycles. The quantitative estimate of drug-likeness (QED) is 0.458. The lowest BCUT2D eigenvalue weighted by Crippen LogP contribution is -2.34. The Balaban J connectivity index is 2.28. The summed E-state index contributed by atoms with van der Waals surface area (Å²) in [5.74, 6) is 1.73. The van der Waals surface area contributed by atoms with E-state index < -0.39 is 12.2 Å². The minimum Gasteiger partial charge on any atom is -0.391 e. The van der Waals surface area contributed by atoms with E-state index in [1.807, 2.05) is 0 Å². The van der Waals surface area contributed by atoms with E-state index in [9.17, 15) is 10.2 Å². The van der Waals surface area contributed by atoms with Crippen molar-refractivity contribution in [2.45, 2.75) is 50.1 Å². The number of unbranched alkanes of at least 4 members (excludes halogenated alkanes) is 3. The molecule has 1 unspecified atom stereocenters. The van der Waals surface area contributed by atoms with Crippen LogP contribution in [0.3, 0.4) is 0 Å². The van der Waals surface area contributed by atoms with Crippen molar-refractivity contribution in [1.29, 1.82) is 0 Å². The molecule has 1 fully saturated rings. The predicted octanol–water partition coefficient (Wildman–Crippen LogP) is 0.281. The van der Waals surface area contributed by atoms with Gasteiger partial charge < -0.3 is 15.3 Å². The first-order valence-corrected chi connectivity index (χ1v) is 7.46. The Morgan fingerprint density at radius 2 is 1.93 bits per heavy atom. The molecule has 4 heteroatoms. The average molecular weight is 235 g/mol. The highest BCUT2D eigenvalue weighted by Crippen LogP contribution is 2.24. The lowest BCUT2D eigenvalue weighted by atomic mass is 10.2. The molecule has 0 aromatic rings. The van der Waals surface area contributed by atoms with Crippen LogP contribution < -0.4 is 0 Å². The molecule has 0 saturated carbocycles. The Labute approximate surface area is 94.9 Å². The monoisotopic (exact) mass is 235 g/mol. The molecule has 0 radical (unpaired) electrons. The van der Waals surface area contributed by atoms with E-state index >= 15 is 0 Å². The highest BCUT2D eigenvalue weighted by molar-refractivity contribution is 7.97. The molecule has 1 rings (SSSR count). The van der Waals surface area contributed by atoms with Gasteiger partial charge in [-0.1, -0.05) is 19.8 Å². The zero-order chi connectivity index (χ0) is 11.3. The van der Waals surface area contributed by atoms with Gasteiger partial charge >= 0.3 is 0 Å². The number of aliphatic hydroxyl groups is 3. The van der Waals surface area contributed by atoms with E-state index in [0.717, 1.165) is 12.2 Å². The third-order valence-electron chi connectivity index (χ3n) is 3.03. The summed E-state index contributed by atoms with van der Waals surface area (Å²) >= 11 is 0. The van der Waals surface area contributed by atoms with Crippen molar-refractivity contribution in [2.24, 2.45) is 0 Å². The zero-order valence-electron chi connectivity index (χ0n) is 9.43. The van der Waals surface area contributed by atoms with Gasteiger partial charge in [0.05, 0.1) is 6.61 Å². The largest absolute Gasteiger partial charge is 0.391 e. The molecule has 1 aliphatic heterocycles. The van der Waals surface area contributed by atoms with Crippen molar-refractivity contribution in [3.8, 4) is 0 Å². The summed E-state index contributed by atoms with van der Waals surface area (Å²) in [6, 6.07) is 0. The van der Waals surface area contributed by atoms with Gasteiger partial charge in [-0.2, -0.15) is 0 Å². The van der Waals surface area contributed by atoms with Crippen LogP contribution in [0.25, 0.3) is 0 Å². The molecule has 3 N–H and O–H groups in total. The normalized spacial score (nSPS) is 36.0. The van der Waals surface area contributed by atoms with Crippen LogP contribution in [0.15, 0.2) is 0 Å². The van der Waals surface area contributed by atoms with E-state index in [2.05, 4.69) is 6.92 Å². The summed E-state index contributed by atoms with van der Waals surface area (Å²) in [5, 5.41) is 28.2. The van der Waals surface area contributed by atoms with Gasteiger partial charge in [0, 0.05) is 0 Å². The molecule has 0 amide bonds. The second kappa shape index (κ2) is 6.74. The molecule has 1 heterocycles. The first kappa shape index (κ1) is 13.3. The lowest BCUT2D eigenvalue weighted by Gasteiger charge is -2.11. The van der Waals surface area contributed by atoms with Gasteiger partial charge in [-0.15, -0.1) is 0 Å². The fourth-order valence-electron chi connectivity index (χ4n) is 2.05. The summed E-state index contributed by atoms with van der Waals surface area (Å²) in [5.41, 5.74) is 0. The summed E-state index contributed by atoms with van der Waals surface area (Å²) in [4.78, 5) is 0. The van der Waals surface area contributed by atoms with Crippen LogP contribution in [0.4, 0.5) is 0 Å². The Kier molecular flexibility index (Phi) is 5.97. The van der Waals surface area contributed by atoms with Crippen molar-refractivity contribution in [1.82, 2.24) is 0 Å². The smallest absolute Gasteiger partial charge is 0.169 e. The van der Waals surface area contributed by atoms with Crippen LogP contribution in [0.2, 0.25) is 0 Å². The van der Waals surface area contributed by atoms with E-state index in [-0.39, 0.29) is 22.8 Å². The summed E-state index contributed by atoms with van der Waals surface area (Å²) in [6.45, 7) is 2.19. The minimum atomic E-state index is -0.704. The van der Waals surface area contributed by atoms with Crippen LogP contribution >= 0.6 is 0 Å². The highest BCUT2D eigenvalue weighted by Gasteiger charge is 2.48. The maximum Gasteiger partial charge on any atom is 0.169 e. The SMILES string of the molecule is CCCCCC[S+]1C[C@@H](O)[C@H](O)[C@H]1CO. The van der Waals surface area contributed by atoms with Gasteiger partial charge in [0.1, 0.15) is 23.7 Å². The molecule has 0 aromatic heterocycles. The summed E-state index contributed by atoms with van der Waals surface area (Å²) < 4.78 is 0. The summed E-state index contributed by atoms with van der Waals surface area (Å²) in [7, 11) is 0.0212. The predicted molar refractivity (Wildman–Crippen MR) is 64.1 cm³/mol. The van der Waals surface area contributed by atoms with E-state index in [0.29, 0.717) is 5.75 Å². The molecule has 0 aliphatic carbocycles. The first-order chi connectivity index (χ1) is 7.20. The molecule has 0 aromatic carbocycles. The lowest BCUT2D eigenvalue weighted by molar-refractivity contribution is 0.0325. The highest BCUT2D eigenvalue weighted by atomic mass is 32.2. The van der Waals surface area contributed by atoms with E-state index in [1.54, 1.807) is 0 Å². The van der Waals surface area contributed by atoms with Crippen molar-refractivity contribution in [3.63, 3.8) is 0 Å². The standard InChI is InChI=1S/C11H23O3S/c1-2-3-4-5-6-15-8-9(13)11(14)10(15)7-12/h9-14H,2-8H2,1H3/q+1/t9-,10-,11+,15?/m1/s1. The van der Waals surface area contributed by atoms with Crippen LogP contribution in [0.1, 0.15) is 32.6 Å². The maximum absolute atomic E-state index is 9.63. The zero-order valence-corrected chi connectivity index (χ0v) is 10.2. The van der Waals surface area contributed by atoms with E-state index in [4.69, 9.17) is 5.11 Å². The molecular formula is C11H23O3S+. The molecule has 3 nitrogen and oxygen atoms in total. The van der Waals surface area contributed by atoms with Gasteiger partial charge in [-0.3, -0.25) is 0 Å². The molecule has 15 heavy (non-hydrogen) atoms. The second-order valence-electron chi connectivity index (χ2n) is 4.25. The van der Waals surface area contributed by atoms with Gasteiger partial charge in [0.15, 0.2) is 5.25 Å². The van der Waals surface area contributed by atoms with Crippen LogP contribution in [0.5, 0.6) is 0 Å². The van der Waals surface area contributed by atoms with Crippen LogP contribution in [-0.2, 0) is 10.9 Å². The Morgan fingerprint density at radius 1 is 1.20 bits per heavy atom. The Hall–Kier alpha value is 0.230. The maximum atomic E-state index is 9.63. The number of aliphatic hydroxyl groups excluding tert-OH is 3. The Morgan fingerprint density at radius 3 is 2.53 bits per heavy atom. The van der Waals surface area contributed by atoms with Gasteiger partial charge in [-0.05, 0) is 23.7 Å². The first-order valence-electron chi connectivity index (χ1n) is 5.84. The van der Waals surface area contributed by atoms with Gasteiger partial charge in [0.2, 0.25) is 0 Å². The van der Waals surface area contributed by atoms with Gasteiger partial charge in [-0.25, -0.2) is 0 Å². The minimum absolute atomic E-state index is 0.00904. The average Bonchev–Trinajstić information content (AvgIpc) is 2.50. The number of hydrogen-bond acceptors (Lipinski definition) is 3. The van der Waals surface area contributed by atoms with Crippen molar-refractivity contribution < 1.29 is 15.3 Å². The van der Waals surface area contributed by atoms with Crippen LogP contribution in [-0.4, -0.2) is 50.9 Å². The molecule has 0 bridgehead atoms. The van der Waals surface area contributed by atoms with Crippen molar-refractivity contribution in [2.75, 3.05) is 18.1 Å². The molecule has 1 aliphatic rings. The fraction of sp³-hybridized carbons (Fsp3) is 1.00. The van der Waals surface area contributed by atoms with Crippen LogP contribution in [0, 0.1) is 0 Å². The van der Waals surface area contributed by atoms with Gasteiger partial charge in [0.25, 0.3) is 0 Å². The topological polar surface area (TPSA) is 60.7 Å². The molecular weight excluding hydrogens is 212 g/mol. The fourth-order valence-corrected chi connectivity index (χ4v) is 4.76. The number of rotatable bonds is 6. The third-order valence-corrected chi connectivity index (χ3v) is 5.90. The van der Waals surface area contributed by atoms with E-state index in [1.165, 1.54) is 19.3 Å². The molecule has 90 valence electrons. The third kappa shape index (κ3) is 3.63. The summed E-state index contributed by atoms with van der Waals surface area (Å²) in [6.07, 6.45) is 3.55. The Bertz CT molecular complexity index is 177. The van der Waals surface area contributed by atoms with Crippen molar-refractivity contribution in [3.05, 3.63) is 0 Å². The second-order valence-corrected chi connectivity index (χ2v) is 6.67. The van der Waals surface area contributed by atoms with Crippen molar-refractivity contribution >= 4 is 10.9 Å². The molecule has 4 atom stereocenters. The molecule has 0 spiro atoms. The number of hydrogen-bond donors (Lipinski definition) is 3.